The van der Waals surface area contributed by atoms with Crippen molar-refractivity contribution in [2.75, 3.05) is 6.61 Å². The Hall–Kier alpha value is -1.82. The summed E-state index contributed by atoms with van der Waals surface area (Å²) < 4.78 is 5.41. The third kappa shape index (κ3) is 4.21. The van der Waals surface area contributed by atoms with Crippen molar-refractivity contribution >= 4 is 28.0 Å². The number of carboxylic acids is 1. The van der Waals surface area contributed by atoms with Crippen molar-refractivity contribution in [1.29, 1.82) is 0 Å². The molecule has 18 heavy (non-hydrogen) atoms. The molecule has 0 aliphatic heterocycles. The van der Waals surface area contributed by atoms with Crippen LogP contribution in [0.15, 0.2) is 41.4 Å². The first kappa shape index (κ1) is 14.2. The molecule has 6 heteroatoms. The summed E-state index contributed by atoms with van der Waals surface area (Å²) in [5, 5.41) is 11.4. The number of carboxylic acid groups (broad SMARTS) is 1. The summed E-state index contributed by atoms with van der Waals surface area (Å²) in [6.45, 7) is 3.41. The average Bonchev–Trinajstić information content (AvgIpc) is 2.33. The molecule has 0 fully saturated rings. The molecule has 0 heterocycles. The van der Waals surface area contributed by atoms with Crippen molar-refractivity contribution in [3.05, 3.63) is 47.0 Å². The van der Waals surface area contributed by atoms with Gasteiger partial charge in [0.2, 0.25) is 0 Å². The van der Waals surface area contributed by atoms with Crippen LogP contribution in [0.5, 0.6) is 0 Å². The Balaban J connectivity index is 2.80. The zero-order valence-electron chi connectivity index (χ0n) is 9.43. The lowest BCUT2D eigenvalue weighted by molar-refractivity contribution is -0.139. The van der Waals surface area contributed by atoms with E-state index in [2.05, 4.69) is 32.6 Å². The molecule has 96 valence electrons. The van der Waals surface area contributed by atoms with Crippen LogP contribution in [0.3, 0.4) is 0 Å². The van der Waals surface area contributed by atoms with Crippen molar-refractivity contribution in [2.45, 2.75) is 6.04 Å². The molecule has 0 unspecified atom stereocenters. The SMILES string of the molecule is C=CCOC(=O)N[C@@H](C(=O)O)c1cccc(Br)c1. The zero-order chi connectivity index (χ0) is 13.5. The number of amides is 1. The number of ether oxygens (including phenoxy) is 1. The minimum atomic E-state index is -1.16. The largest absolute Gasteiger partial charge is 0.479 e. The lowest BCUT2D eigenvalue weighted by atomic mass is 10.1. The number of carbonyl (C=O) groups is 2. The number of alkyl carbamates (subject to hydrolysis) is 1. The van der Waals surface area contributed by atoms with Crippen molar-refractivity contribution in [3.63, 3.8) is 0 Å². The predicted octanol–water partition coefficient (Wildman–Crippen LogP) is 2.49. The number of hydrogen-bond donors (Lipinski definition) is 2. The zero-order valence-corrected chi connectivity index (χ0v) is 11.0. The topological polar surface area (TPSA) is 75.6 Å². The first-order chi connectivity index (χ1) is 8.54. The van der Waals surface area contributed by atoms with Gasteiger partial charge in [-0.25, -0.2) is 9.59 Å². The standard InChI is InChI=1S/C12H12BrNO4/c1-2-6-18-12(17)14-10(11(15)16)8-4-3-5-9(13)7-8/h2-5,7,10H,1,6H2,(H,14,17)(H,15,16)/t10-/m1/s1. The van der Waals surface area contributed by atoms with Gasteiger partial charge >= 0.3 is 12.1 Å². The van der Waals surface area contributed by atoms with Gasteiger partial charge in [-0.1, -0.05) is 40.7 Å². The first-order valence-electron chi connectivity index (χ1n) is 5.07. The molecule has 0 saturated carbocycles. The van der Waals surface area contributed by atoms with E-state index >= 15 is 0 Å². The number of nitrogens with one attached hydrogen (secondary N) is 1. The van der Waals surface area contributed by atoms with Gasteiger partial charge in [0.1, 0.15) is 6.61 Å². The van der Waals surface area contributed by atoms with E-state index in [1.165, 1.54) is 6.08 Å². The highest BCUT2D eigenvalue weighted by Gasteiger charge is 2.22. The normalized spacial score (nSPS) is 11.4. The van der Waals surface area contributed by atoms with E-state index in [4.69, 9.17) is 5.11 Å². The molecule has 1 aromatic carbocycles. The molecule has 0 bridgehead atoms. The van der Waals surface area contributed by atoms with Gasteiger partial charge in [0.05, 0.1) is 0 Å². The summed E-state index contributed by atoms with van der Waals surface area (Å²) in [4.78, 5) is 22.4. The van der Waals surface area contributed by atoms with Gasteiger partial charge in [0.15, 0.2) is 6.04 Å². The fourth-order valence-corrected chi connectivity index (χ4v) is 1.68. The predicted molar refractivity (Wildman–Crippen MR) is 69.2 cm³/mol. The van der Waals surface area contributed by atoms with Gasteiger partial charge in [0.25, 0.3) is 0 Å². The highest BCUT2D eigenvalue weighted by Crippen LogP contribution is 2.18. The van der Waals surface area contributed by atoms with Crippen LogP contribution >= 0.6 is 15.9 Å². The number of hydrogen-bond acceptors (Lipinski definition) is 3. The van der Waals surface area contributed by atoms with Crippen LogP contribution in [0.2, 0.25) is 0 Å². The van der Waals surface area contributed by atoms with Crippen LogP contribution in [0.4, 0.5) is 4.79 Å². The Kier molecular flexibility index (Phi) is 5.38. The monoisotopic (exact) mass is 313 g/mol. The second-order valence-electron chi connectivity index (χ2n) is 3.36. The van der Waals surface area contributed by atoms with Crippen molar-refractivity contribution in [1.82, 2.24) is 5.32 Å². The fourth-order valence-electron chi connectivity index (χ4n) is 1.27. The van der Waals surface area contributed by atoms with E-state index in [1.807, 2.05) is 0 Å². The van der Waals surface area contributed by atoms with E-state index in [9.17, 15) is 9.59 Å². The number of rotatable bonds is 5. The van der Waals surface area contributed by atoms with Gasteiger partial charge in [-0.2, -0.15) is 0 Å². The first-order valence-corrected chi connectivity index (χ1v) is 5.86. The maximum Gasteiger partial charge on any atom is 0.408 e. The smallest absolute Gasteiger partial charge is 0.408 e. The summed E-state index contributed by atoms with van der Waals surface area (Å²) in [6.07, 6.45) is 0.594. The van der Waals surface area contributed by atoms with Gasteiger partial charge in [-0.05, 0) is 17.7 Å². The second kappa shape index (κ2) is 6.80. The van der Waals surface area contributed by atoms with Crippen LogP contribution in [0.25, 0.3) is 0 Å². The molecule has 0 aromatic heterocycles. The lowest BCUT2D eigenvalue weighted by Crippen LogP contribution is -2.34. The van der Waals surface area contributed by atoms with E-state index < -0.39 is 18.1 Å². The van der Waals surface area contributed by atoms with Gasteiger partial charge in [-0.15, -0.1) is 0 Å². The van der Waals surface area contributed by atoms with E-state index in [-0.39, 0.29) is 6.61 Å². The van der Waals surface area contributed by atoms with Crippen molar-refractivity contribution in [3.8, 4) is 0 Å². The van der Waals surface area contributed by atoms with Crippen LogP contribution in [0, 0.1) is 0 Å². The molecule has 1 atom stereocenters. The summed E-state index contributed by atoms with van der Waals surface area (Å²) in [6, 6.07) is 5.52. The fraction of sp³-hybridized carbons (Fsp3) is 0.167. The Bertz CT molecular complexity index is 461. The van der Waals surface area contributed by atoms with Gasteiger partial charge < -0.3 is 15.2 Å². The lowest BCUT2D eigenvalue weighted by Gasteiger charge is -2.14. The molecule has 0 spiro atoms. The average molecular weight is 314 g/mol. The Morgan fingerprint density at radius 2 is 2.28 bits per heavy atom. The van der Waals surface area contributed by atoms with Crippen LogP contribution < -0.4 is 5.32 Å². The molecule has 0 saturated heterocycles. The molecule has 0 aliphatic carbocycles. The highest BCUT2D eigenvalue weighted by molar-refractivity contribution is 9.10. The van der Waals surface area contributed by atoms with Gasteiger partial charge in [-0.3, -0.25) is 0 Å². The molecule has 1 rings (SSSR count). The molecular weight excluding hydrogens is 302 g/mol. The number of aliphatic carboxylic acids is 1. The van der Waals surface area contributed by atoms with Crippen LogP contribution in [-0.2, 0) is 9.53 Å². The second-order valence-corrected chi connectivity index (χ2v) is 4.27. The van der Waals surface area contributed by atoms with E-state index in [1.54, 1.807) is 24.3 Å². The van der Waals surface area contributed by atoms with Crippen molar-refractivity contribution in [2.24, 2.45) is 0 Å². The third-order valence-corrected chi connectivity index (χ3v) is 2.52. The minimum Gasteiger partial charge on any atom is -0.479 e. The molecule has 1 amide bonds. The van der Waals surface area contributed by atoms with Crippen molar-refractivity contribution < 1.29 is 19.4 Å². The number of carbonyl (C=O) groups excluding carboxylic acids is 1. The van der Waals surface area contributed by atoms with Gasteiger partial charge in [0, 0.05) is 4.47 Å². The maximum atomic E-state index is 11.3. The molecule has 0 aliphatic rings. The molecule has 1 aromatic rings. The molecule has 5 nitrogen and oxygen atoms in total. The van der Waals surface area contributed by atoms with E-state index in [0.29, 0.717) is 5.56 Å². The summed E-state index contributed by atoms with van der Waals surface area (Å²) in [5.74, 6) is -1.16. The number of benzene rings is 1. The van der Waals surface area contributed by atoms with Crippen LogP contribution in [-0.4, -0.2) is 23.8 Å². The number of halogens is 1. The summed E-state index contributed by atoms with van der Waals surface area (Å²) >= 11 is 3.24. The Labute approximate surface area is 113 Å². The summed E-state index contributed by atoms with van der Waals surface area (Å²) in [5.41, 5.74) is 0.451. The molecule has 2 N–H and O–H groups in total. The Morgan fingerprint density at radius 3 is 2.83 bits per heavy atom. The summed E-state index contributed by atoms with van der Waals surface area (Å²) in [7, 11) is 0. The molecule has 0 radical (unpaired) electrons. The maximum absolute atomic E-state index is 11.3. The Morgan fingerprint density at radius 1 is 1.56 bits per heavy atom. The quantitative estimate of drug-likeness (QED) is 0.819. The minimum absolute atomic E-state index is 0.0245. The van der Waals surface area contributed by atoms with E-state index in [0.717, 1.165) is 4.47 Å². The third-order valence-electron chi connectivity index (χ3n) is 2.02. The molecular formula is C12H12BrNO4. The highest BCUT2D eigenvalue weighted by atomic mass is 79.9. The van der Waals surface area contributed by atoms with Crippen LogP contribution in [0.1, 0.15) is 11.6 Å².